The van der Waals surface area contributed by atoms with Gasteiger partial charge in [0.1, 0.15) is 24.3 Å². The lowest BCUT2D eigenvalue weighted by Crippen LogP contribution is -2.26. The van der Waals surface area contributed by atoms with Crippen LogP contribution in [0.2, 0.25) is 0 Å². The summed E-state index contributed by atoms with van der Waals surface area (Å²) in [5.74, 6) is -0.178. The molecule has 0 radical (unpaired) electrons. The zero-order valence-corrected chi connectivity index (χ0v) is 22.4. The molecule has 2 heterocycles. The molecule has 0 bridgehead atoms. The lowest BCUT2D eigenvalue weighted by Gasteiger charge is -2.18. The van der Waals surface area contributed by atoms with Crippen molar-refractivity contribution in [2.24, 2.45) is 7.05 Å². The third-order valence-corrected chi connectivity index (χ3v) is 7.32. The Labute approximate surface area is 222 Å². The molecule has 1 aromatic carbocycles. The molecule has 0 saturated heterocycles. The number of aliphatic hydroxyl groups is 2. The number of imidazole rings is 1. The lowest BCUT2D eigenvalue weighted by atomic mass is 10.2. The zero-order chi connectivity index (χ0) is 28.3. The molecule has 0 saturated carbocycles. The number of benzene rings is 1. The molecule has 208 valence electrons. The topological polar surface area (TPSA) is 221 Å². The van der Waals surface area contributed by atoms with Crippen molar-refractivity contribution in [2.75, 3.05) is 18.9 Å². The molecule has 17 heteroatoms. The van der Waals surface area contributed by atoms with E-state index < -0.39 is 18.4 Å². The molecule has 0 aliphatic rings. The fourth-order valence-corrected chi connectivity index (χ4v) is 4.72. The van der Waals surface area contributed by atoms with Crippen LogP contribution in [0.3, 0.4) is 0 Å². The summed E-state index contributed by atoms with van der Waals surface area (Å²) in [5, 5.41) is 30.4. The van der Waals surface area contributed by atoms with Crippen molar-refractivity contribution in [3.8, 4) is 0 Å². The summed E-state index contributed by atoms with van der Waals surface area (Å²) in [4.78, 5) is 38.4. The minimum Gasteiger partial charge on any atom is -0.395 e. The van der Waals surface area contributed by atoms with Crippen LogP contribution >= 0.6 is 19.5 Å². The van der Waals surface area contributed by atoms with Crippen molar-refractivity contribution in [3.05, 3.63) is 80.6 Å². The van der Waals surface area contributed by atoms with Crippen molar-refractivity contribution in [3.63, 3.8) is 0 Å². The van der Waals surface area contributed by atoms with Crippen molar-refractivity contribution in [1.82, 2.24) is 24.2 Å². The molecule has 3 rings (SSSR count). The average molecular weight is 572 g/mol. The SMILES string of the molecule is CC(SC(CO)CO)n1ccc(N)nc1=O.Cn1c(COP(=O)(O)NCc2ccccc2)cnc1[N+](=O)[O-]. The van der Waals surface area contributed by atoms with Crippen LogP contribution in [-0.2, 0) is 29.3 Å². The molecule has 2 atom stereocenters. The fraction of sp³-hybridized carbons (Fsp3) is 0.381. The van der Waals surface area contributed by atoms with E-state index in [0.717, 1.165) is 5.56 Å². The minimum atomic E-state index is -4.02. The molecule has 6 N–H and O–H groups in total. The minimum absolute atomic E-state index is 0.136. The highest BCUT2D eigenvalue weighted by molar-refractivity contribution is 7.99. The monoisotopic (exact) mass is 571 g/mol. The first-order chi connectivity index (χ1) is 18.0. The molecule has 0 amide bonds. The standard InChI is InChI=1S/C12H15N4O5P.C9H15N3O3S/c1-15-11(8-13-12(15)16(17)18)9-21-22(19,20)14-7-10-5-3-2-4-6-10;1-6(16-7(4-13)5-14)12-3-2-8(10)11-9(12)15/h2-6,8H,7,9H2,1H3,(H2,14,19,20);2-3,6-7,13-14H,4-5H2,1H3,(H2,10,11,15). The number of rotatable bonds is 12. The highest BCUT2D eigenvalue weighted by atomic mass is 32.2. The number of nitrogens with two attached hydrogens (primary N) is 1. The second-order valence-electron chi connectivity index (χ2n) is 7.74. The van der Waals surface area contributed by atoms with Gasteiger partial charge in [-0.3, -0.25) is 9.09 Å². The van der Waals surface area contributed by atoms with Crippen molar-refractivity contribution >= 4 is 31.3 Å². The van der Waals surface area contributed by atoms with Gasteiger partial charge in [-0.05, 0) is 23.5 Å². The lowest BCUT2D eigenvalue weighted by molar-refractivity contribution is -0.396. The molecular formula is C21H30N7O8PS. The first kappa shape index (κ1) is 31.1. The summed E-state index contributed by atoms with van der Waals surface area (Å²) in [5.41, 5.74) is 6.09. The summed E-state index contributed by atoms with van der Waals surface area (Å²) < 4.78 is 19.4. The summed E-state index contributed by atoms with van der Waals surface area (Å²) in [6.45, 7) is 1.42. The molecule has 0 aliphatic carbocycles. The van der Waals surface area contributed by atoms with Gasteiger partial charge in [0.05, 0.1) is 30.9 Å². The molecular weight excluding hydrogens is 541 g/mol. The first-order valence-electron chi connectivity index (χ1n) is 11.1. The number of aliphatic hydroxyl groups excluding tert-OH is 2. The van der Waals surface area contributed by atoms with Gasteiger partial charge < -0.3 is 31.0 Å². The zero-order valence-electron chi connectivity index (χ0n) is 20.7. The Morgan fingerprint density at radius 2 is 1.92 bits per heavy atom. The quantitative estimate of drug-likeness (QED) is 0.117. The first-order valence-corrected chi connectivity index (χ1v) is 13.6. The molecule has 38 heavy (non-hydrogen) atoms. The average Bonchev–Trinajstić information content (AvgIpc) is 3.26. The van der Waals surface area contributed by atoms with Gasteiger partial charge in [-0.25, -0.2) is 19.0 Å². The Bertz CT molecular complexity index is 1290. The van der Waals surface area contributed by atoms with Crippen LogP contribution in [0.4, 0.5) is 11.8 Å². The molecule has 0 aliphatic heterocycles. The third kappa shape index (κ3) is 9.64. The van der Waals surface area contributed by atoms with Crippen molar-refractivity contribution in [2.45, 2.75) is 30.7 Å². The van der Waals surface area contributed by atoms with Crippen LogP contribution < -0.4 is 16.5 Å². The van der Waals surface area contributed by atoms with Crippen molar-refractivity contribution < 1.29 is 29.1 Å². The normalized spacial score (nSPS) is 13.4. The molecule has 15 nitrogen and oxygen atoms in total. The number of thioether (sulfide) groups is 1. The van der Waals surface area contributed by atoms with Crippen LogP contribution in [0.25, 0.3) is 0 Å². The maximum atomic E-state index is 11.9. The van der Waals surface area contributed by atoms with E-state index in [1.807, 2.05) is 18.2 Å². The van der Waals surface area contributed by atoms with E-state index in [-0.39, 0.29) is 48.8 Å². The van der Waals surface area contributed by atoms with Gasteiger partial charge in [0.25, 0.3) is 0 Å². The summed E-state index contributed by atoms with van der Waals surface area (Å²) in [6.07, 6.45) is 2.78. The largest absolute Gasteiger partial charge is 0.434 e. The number of anilines is 1. The van der Waals surface area contributed by atoms with Crippen LogP contribution in [0, 0.1) is 10.1 Å². The Morgan fingerprint density at radius 3 is 2.47 bits per heavy atom. The number of nitrogens with zero attached hydrogens (tertiary/aromatic N) is 5. The Kier molecular flexibility index (Phi) is 12.1. The van der Waals surface area contributed by atoms with Gasteiger partial charge >= 0.3 is 19.4 Å². The van der Waals surface area contributed by atoms with E-state index in [9.17, 15) is 24.4 Å². The van der Waals surface area contributed by atoms with Gasteiger partial charge in [-0.1, -0.05) is 35.3 Å². The fourth-order valence-electron chi connectivity index (χ4n) is 2.91. The van der Waals surface area contributed by atoms with Gasteiger partial charge in [0.15, 0.2) is 0 Å². The van der Waals surface area contributed by atoms with Crippen LogP contribution in [0.5, 0.6) is 0 Å². The second kappa shape index (κ2) is 14.7. The number of hydrogen-bond donors (Lipinski definition) is 5. The van der Waals surface area contributed by atoms with Gasteiger partial charge in [-0.15, -0.1) is 11.8 Å². The Balaban J connectivity index is 0.000000281. The second-order valence-corrected chi connectivity index (χ2v) is 11.0. The smallest absolute Gasteiger partial charge is 0.395 e. The number of nitrogen functional groups attached to an aromatic ring is 1. The highest BCUT2D eigenvalue weighted by Gasteiger charge is 2.23. The number of nitrogens with one attached hydrogen (secondary N) is 1. The Hall–Kier alpha value is -3.11. The number of aromatic nitrogens is 4. The molecule has 0 spiro atoms. The van der Waals surface area contributed by atoms with Gasteiger partial charge in [0.2, 0.25) is 0 Å². The molecule has 3 aromatic rings. The van der Waals surface area contributed by atoms with E-state index in [2.05, 4.69) is 15.1 Å². The van der Waals surface area contributed by atoms with Crippen LogP contribution in [-0.4, -0.2) is 57.6 Å². The molecule has 2 aromatic heterocycles. The highest BCUT2D eigenvalue weighted by Crippen LogP contribution is 2.38. The van der Waals surface area contributed by atoms with E-state index in [1.165, 1.54) is 40.2 Å². The summed E-state index contributed by atoms with van der Waals surface area (Å²) in [7, 11) is -2.58. The van der Waals surface area contributed by atoms with Gasteiger partial charge in [0, 0.05) is 12.7 Å². The third-order valence-electron chi connectivity index (χ3n) is 4.98. The van der Waals surface area contributed by atoms with E-state index in [0.29, 0.717) is 5.69 Å². The number of hydrogen-bond acceptors (Lipinski definition) is 11. The predicted octanol–water partition coefficient (Wildman–Crippen LogP) is 1.17. The predicted molar refractivity (Wildman–Crippen MR) is 141 cm³/mol. The Morgan fingerprint density at radius 1 is 1.26 bits per heavy atom. The summed E-state index contributed by atoms with van der Waals surface area (Å²) in [6, 6.07) is 10.6. The van der Waals surface area contributed by atoms with Crippen LogP contribution in [0.15, 0.2) is 53.6 Å². The maximum absolute atomic E-state index is 11.9. The van der Waals surface area contributed by atoms with Crippen molar-refractivity contribution in [1.29, 1.82) is 0 Å². The summed E-state index contributed by atoms with van der Waals surface area (Å²) >= 11 is 1.30. The van der Waals surface area contributed by atoms with E-state index in [1.54, 1.807) is 25.3 Å². The van der Waals surface area contributed by atoms with Crippen LogP contribution in [0.1, 0.15) is 23.6 Å². The molecule has 0 fully saturated rings. The van der Waals surface area contributed by atoms with E-state index >= 15 is 0 Å². The molecule has 2 unspecified atom stereocenters. The number of nitro groups is 1. The maximum Gasteiger partial charge on any atom is 0.434 e. The van der Waals surface area contributed by atoms with E-state index in [4.69, 9.17) is 20.5 Å². The van der Waals surface area contributed by atoms with Gasteiger partial charge in [-0.2, -0.15) is 4.98 Å².